The maximum absolute atomic E-state index is 6.87. The molecule has 3 aromatic heterocycles. The summed E-state index contributed by atoms with van der Waals surface area (Å²) in [6, 6.07) is 82.2. The largest absolute Gasteiger partial charge is 0.455 e. The van der Waals surface area contributed by atoms with E-state index in [1.165, 1.54) is 21.5 Å². The fourth-order valence-corrected chi connectivity index (χ4v) is 11.2. The molecule has 0 amide bonds. The van der Waals surface area contributed by atoms with Crippen LogP contribution in [0.15, 0.2) is 235 Å². The molecule has 3 heterocycles. The Balaban J connectivity index is 1.08. The van der Waals surface area contributed by atoms with E-state index in [9.17, 15) is 0 Å². The molecule has 0 bridgehead atoms. The van der Waals surface area contributed by atoms with Crippen molar-refractivity contribution in [1.29, 1.82) is 0 Å². The lowest BCUT2D eigenvalue weighted by molar-refractivity contribution is 0.670. The Labute approximate surface area is 401 Å². The second kappa shape index (κ2) is 15.0. The third-order valence-electron chi connectivity index (χ3n) is 14.4. The molecule has 0 aliphatic rings. The van der Waals surface area contributed by atoms with Gasteiger partial charge in [0.2, 0.25) is 0 Å². The molecule has 0 unspecified atom stereocenters. The van der Waals surface area contributed by atoms with Crippen LogP contribution in [0, 0.1) is 0 Å². The first-order valence-electron chi connectivity index (χ1n) is 23.8. The first-order valence-corrected chi connectivity index (χ1v) is 23.8. The highest BCUT2D eigenvalue weighted by Gasteiger charge is 2.24. The van der Waals surface area contributed by atoms with Crippen molar-refractivity contribution < 1.29 is 4.42 Å². The molecule has 0 spiro atoms. The highest BCUT2D eigenvalue weighted by Crippen LogP contribution is 2.45. The Morgan fingerprint density at radius 2 is 0.771 bits per heavy atom. The van der Waals surface area contributed by atoms with Gasteiger partial charge in [-0.1, -0.05) is 176 Å². The predicted molar refractivity (Wildman–Crippen MR) is 291 cm³/mol. The smallest absolute Gasteiger partial charge is 0.165 e. The van der Waals surface area contributed by atoms with E-state index in [2.05, 4.69) is 223 Å². The van der Waals surface area contributed by atoms with Crippen LogP contribution < -0.4 is 0 Å². The molecule has 324 valence electrons. The second-order valence-corrected chi connectivity index (χ2v) is 18.3. The summed E-state index contributed by atoms with van der Waals surface area (Å²) >= 11 is 0. The van der Waals surface area contributed by atoms with E-state index in [0.717, 1.165) is 110 Å². The SMILES string of the molecule is c1ccc2cc3c(cc2c1)c1ccccc1n3-c1ccc(-c2nc(-c3c4ccccc4cc4ccccc34)nc(-c3c4ccccc4cc4ccccc34)n2)c(-c2cccc3c2oc2ccccc23)c1. The minimum atomic E-state index is 0.567. The lowest BCUT2D eigenvalue weighted by atomic mass is 9.94. The highest BCUT2D eigenvalue weighted by atomic mass is 16.3. The van der Waals surface area contributed by atoms with Crippen LogP contribution >= 0.6 is 0 Å². The molecule has 0 aliphatic heterocycles. The lowest BCUT2D eigenvalue weighted by Gasteiger charge is -2.17. The van der Waals surface area contributed by atoms with Crippen molar-refractivity contribution in [1.82, 2.24) is 19.5 Å². The summed E-state index contributed by atoms with van der Waals surface area (Å²) in [4.78, 5) is 16.9. The van der Waals surface area contributed by atoms with Crippen LogP contribution in [0.5, 0.6) is 0 Å². The number of rotatable bonds is 5. The van der Waals surface area contributed by atoms with E-state index in [1.807, 2.05) is 12.1 Å². The number of hydrogen-bond donors (Lipinski definition) is 0. The van der Waals surface area contributed by atoms with Gasteiger partial charge >= 0.3 is 0 Å². The summed E-state index contributed by atoms with van der Waals surface area (Å²) < 4.78 is 9.27. The molecule has 0 N–H and O–H groups in total. The van der Waals surface area contributed by atoms with Crippen LogP contribution in [-0.2, 0) is 0 Å². The van der Waals surface area contributed by atoms with Gasteiger partial charge in [0.1, 0.15) is 11.2 Å². The number of hydrogen-bond acceptors (Lipinski definition) is 4. The van der Waals surface area contributed by atoms with Gasteiger partial charge in [0.25, 0.3) is 0 Å². The number of aromatic nitrogens is 4. The van der Waals surface area contributed by atoms with Crippen LogP contribution in [0.3, 0.4) is 0 Å². The van der Waals surface area contributed by atoms with Crippen LogP contribution in [-0.4, -0.2) is 19.5 Å². The topological polar surface area (TPSA) is 56.7 Å². The molecule has 0 fully saturated rings. The number of furan rings is 1. The van der Waals surface area contributed by atoms with E-state index in [-0.39, 0.29) is 0 Å². The average Bonchev–Trinajstić information content (AvgIpc) is 3.96. The van der Waals surface area contributed by atoms with Crippen molar-refractivity contribution in [3.8, 4) is 51.0 Å². The third kappa shape index (κ3) is 5.82. The van der Waals surface area contributed by atoms with Gasteiger partial charge in [-0.05, 0) is 114 Å². The van der Waals surface area contributed by atoms with E-state index in [0.29, 0.717) is 17.5 Å². The minimum Gasteiger partial charge on any atom is -0.455 e. The molecule has 15 rings (SSSR count). The minimum absolute atomic E-state index is 0.567. The van der Waals surface area contributed by atoms with Gasteiger partial charge in [-0.15, -0.1) is 0 Å². The van der Waals surface area contributed by atoms with E-state index in [1.54, 1.807) is 0 Å². The Kier molecular flexibility index (Phi) is 8.29. The molecule has 15 aromatic rings. The molecule has 5 heteroatoms. The van der Waals surface area contributed by atoms with Gasteiger partial charge in [-0.3, -0.25) is 0 Å². The van der Waals surface area contributed by atoms with Crippen molar-refractivity contribution >= 4 is 97.6 Å². The van der Waals surface area contributed by atoms with Crippen molar-refractivity contribution in [3.05, 3.63) is 231 Å². The summed E-state index contributed by atoms with van der Waals surface area (Å²) in [6.45, 7) is 0. The summed E-state index contributed by atoms with van der Waals surface area (Å²) in [6.07, 6.45) is 0. The molecule has 0 aliphatic carbocycles. The average molecular weight is 891 g/mol. The van der Waals surface area contributed by atoms with Crippen LogP contribution in [0.25, 0.3) is 149 Å². The fraction of sp³-hybridized carbons (Fsp3) is 0. The van der Waals surface area contributed by atoms with Gasteiger partial charge < -0.3 is 8.98 Å². The quantitative estimate of drug-likeness (QED) is 0.162. The van der Waals surface area contributed by atoms with Crippen LogP contribution in [0.4, 0.5) is 0 Å². The first kappa shape index (κ1) is 38.6. The standard InChI is InChI=1S/C65H38N4O/c1-2-17-40-37-58-56(36-39(40)16-1)50-26-11-13-30-57(50)69(58)45-32-33-54(55(38-45)53-29-15-28-52-51-27-12-14-31-59(51)70-62(52)53)63-66-64(60-46-22-7-3-18-41(46)34-42-19-4-8-23-47(42)60)68-65(67-63)61-48-24-9-5-20-43(48)35-44-21-6-10-25-49(44)61/h1-38H. The van der Waals surface area contributed by atoms with Crippen LogP contribution in [0.1, 0.15) is 0 Å². The maximum atomic E-state index is 6.87. The molecule has 70 heavy (non-hydrogen) atoms. The van der Waals surface area contributed by atoms with Crippen LogP contribution in [0.2, 0.25) is 0 Å². The first-order chi connectivity index (χ1) is 34.7. The van der Waals surface area contributed by atoms with E-state index in [4.69, 9.17) is 19.4 Å². The maximum Gasteiger partial charge on any atom is 0.165 e. The zero-order valence-corrected chi connectivity index (χ0v) is 37.6. The molecule has 0 saturated carbocycles. The Morgan fingerprint density at radius 1 is 0.286 bits per heavy atom. The fourth-order valence-electron chi connectivity index (χ4n) is 11.2. The van der Waals surface area contributed by atoms with Crippen molar-refractivity contribution in [2.75, 3.05) is 0 Å². The van der Waals surface area contributed by atoms with Gasteiger partial charge in [-0.25, -0.2) is 15.0 Å². The predicted octanol–water partition coefficient (Wildman–Crippen LogP) is 17.3. The molecular weight excluding hydrogens is 853 g/mol. The lowest BCUT2D eigenvalue weighted by Crippen LogP contribution is -2.03. The summed E-state index contributed by atoms with van der Waals surface area (Å²) in [5, 5.41) is 15.7. The molecule has 5 nitrogen and oxygen atoms in total. The normalized spacial score (nSPS) is 12.0. The number of para-hydroxylation sites is 3. The van der Waals surface area contributed by atoms with Crippen molar-refractivity contribution in [3.63, 3.8) is 0 Å². The molecule has 0 saturated heterocycles. The zero-order chi connectivity index (χ0) is 45.9. The van der Waals surface area contributed by atoms with Crippen molar-refractivity contribution in [2.45, 2.75) is 0 Å². The van der Waals surface area contributed by atoms with E-state index >= 15 is 0 Å². The Hall–Kier alpha value is -9.45. The zero-order valence-electron chi connectivity index (χ0n) is 37.6. The Morgan fingerprint density at radius 3 is 1.39 bits per heavy atom. The second-order valence-electron chi connectivity index (χ2n) is 18.3. The number of benzene rings is 12. The monoisotopic (exact) mass is 890 g/mol. The molecular formula is C65H38N4O. The number of nitrogens with zero attached hydrogens (tertiary/aromatic N) is 4. The summed E-state index contributed by atoms with van der Waals surface area (Å²) in [5.74, 6) is 1.78. The summed E-state index contributed by atoms with van der Waals surface area (Å²) in [7, 11) is 0. The van der Waals surface area contributed by atoms with Gasteiger partial charge in [0, 0.05) is 49.5 Å². The number of fused-ring (bicyclic) bond motifs is 11. The third-order valence-corrected chi connectivity index (χ3v) is 14.4. The van der Waals surface area contributed by atoms with Gasteiger partial charge in [0.05, 0.1) is 11.0 Å². The molecule has 12 aromatic carbocycles. The Bertz CT molecular complexity index is 4430. The van der Waals surface area contributed by atoms with Gasteiger partial charge in [0.15, 0.2) is 17.5 Å². The molecule has 0 radical (unpaired) electrons. The van der Waals surface area contributed by atoms with E-state index < -0.39 is 0 Å². The molecule has 0 atom stereocenters. The van der Waals surface area contributed by atoms with Gasteiger partial charge in [-0.2, -0.15) is 0 Å². The van der Waals surface area contributed by atoms with Crippen molar-refractivity contribution in [2.24, 2.45) is 0 Å². The summed E-state index contributed by atoms with van der Waals surface area (Å²) in [5.41, 5.74) is 9.63. The highest BCUT2D eigenvalue weighted by molar-refractivity contribution is 6.16.